The van der Waals surface area contributed by atoms with Crippen molar-refractivity contribution in [3.63, 3.8) is 0 Å². The standard InChI is InChI=1S/C9H12N2O2S2/c1-11(2)9(14)10-6-3-4-15-7(6)5-8(12)13/h3-4H,5H2,1-2H3,(H,10,14)(H,12,13). The van der Waals surface area contributed by atoms with Gasteiger partial charge in [-0.2, -0.15) is 0 Å². The summed E-state index contributed by atoms with van der Waals surface area (Å²) in [5, 5.41) is 14.1. The molecule has 4 nitrogen and oxygen atoms in total. The van der Waals surface area contributed by atoms with Crippen LogP contribution in [0.5, 0.6) is 0 Å². The van der Waals surface area contributed by atoms with Gasteiger partial charge in [0.25, 0.3) is 0 Å². The number of hydrogen-bond acceptors (Lipinski definition) is 3. The van der Waals surface area contributed by atoms with E-state index in [1.165, 1.54) is 11.3 Å². The SMILES string of the molecule is CN(C)C(=S)Nc1ccsc1CC(=O)O. The molecule has 6 heteroatoms. The van der Waals surface area contributed by atoms with Crippen LogP contribution in [0.3, 0.4) is 0 Å². The molecule has 0 aliphatic heterocycles. The van der Waals surface area contributed by atoms with Crippen molar-refractivity contribution in [1.82, 2.24) is 4.90 Å². The largest absolute Gasteiger partial charge is 0.481 e. The topological polar surface area (TPSA) is 52.6 Å². The highest BCUT2D eigenvalue weighted by atomic mass is 32.1. The molecule has 0 aromatic carbocycles. The molecular weight excluding hydrogens is 232 g/mol. The van der Waals surface area contributed by atoms with E-state index in [-0.39, 0.29) is 6.42 Å². The lowest BCUT2D eigenvalue weighted by Gasteiger charge is -2.15. The van der Waals surface area contributed by atoms with Crippen LogP contribution in [0, 0.1) is 0 Å². The first-order chi connectivity index (χ1) is 7.00. The fourth-order valence-electron chi connectivity index (χ4n) is 0.953. The first kappa shape index (κ1) is 11.9. The Morgan fingerprint density at radius 1 is 1.67 bits per heavy atom. The minimum atomic E-state index is -0.837. The number of hydrogen-bond donors (Lipinski definition) is 2. The molecule has 2 N–H and O–H groups in total. The molecule has 0 spiro atoms. The van der Waals surface area contributed by atoms with E-state index in [9.17, 15) is 4.79 Å². The zero-order chi connectivity index (χ0) is 11.4. The molecule has 0 bridgehead atoms. The van der Waals surface area contributed by atoms with Crippen LogP contribution in [-0.2, 0) is 11.2 Å². The van der Waals surface area contributed by atoms with Crippen molar-refractivity contribution in [2.45, 2.75) is 6.42 Å². The maximum absolute atomic E-state index is 10.6. The molecule has 1 aromatic rings. The number of nitrogens with one attached hydrogen (secondary N) is 1. The van der Waals surface area contributed by atoms with Gasteiger partial charge < -0.3 is 15.3 Å². The molecule has 0 saturated heterocycles. The number of carbonyl (C=O) groups is 1. The smallest absolute Gasteiger partial charge is 0.308 e. The van der Waals surface area contributed by atoms with E-state index in [4.69, 9.17) is 17.3 Å². The number of rotatable bonds is 3. The monoisotopic (exact) mass is 244 g/mol. The molecule has 0 atom stereocenters. The van der Waals surface area contributed by atoms with Gasteiger partial charge >= 0.3 is 5.97 Å². The van der Waals surface area contributed by atoms with Crippen LogP contribution in [-0.4, -0.2) is 35.2 Å². The minimum absolute atomic E-state index is 0.0239. The average molecular weight is 244 g/mol. The van der Waals surface area contributed by atoms with E-state index in [1.54, 1.807) is 4.90 Å². The quantitative estimate of drug-likeness (QED) is 0.792. The zero-order valence-electron chi connectivity index (χ0n) is 8.48. The molecular formula is C9H12N2O2S2. The Bertz CT molecular complexity index is 374. The molecule has 82 valence electrons. The Hall–Kier alpha value is -1.14. The third kappa shape index (κ3) is 3.49. The summed E-state index contributed by atoms with van der Waals surface area (Å²) < 4.78 is 0. The first-order valence-electron chi connectivity index (χ1n) is 4.27. The summed E-state index contributed by atoms with van der Waals surface area (Å²) in [5.41, 5.74) is 0.779. The van der Waals surface area contributed by atoms with Crippen molar-refractivity contribution < 1.29 is 9.90 Å². The second kappa shape index (κ2) is 5.09. The van der Waals surface area contributed by atoms with Crippen molar-refractivity contribution in [3.8, 4) is 0 Å². The molecule has 1 aromatic heterocycles. The maximum atomic E-state index is 10.6. The molecule has 0 amide bonds. The van der Waals surface area contributed by atoms with Gasteiger partial charge in [0, 0.05) is 19.0 Å². The van der Waals surface area contributed by atoms with Gasteiger partial charge in [-0.1, -0.05) is 0 Å². The number of nitrogens with zero attached hydrogens (tertiary/aromatic N) is 1. The number of aliphatic carboxylic acids is 1. The molecule has 0 aliphatic carbocycles. The number of carboxylic acid groups (broad SMARTS) is 1. The highest BCUT2D eigenvalue weighted by Gasteiger charge is 2.09. The zero-order valence-corrected chi connectivity index (χ0v) is 10.1. The third-order valence-electron chi connectivity index (χ3n) is 1.70. The Morgan fingerprint density at radius 3 is 2.87 bits per heavy atom. The summed E-state index contributed by atoms with van der Waals surface area (Å²) in [6.07, 6.45) is 0.0239. The van der Waals surface area contributed by atoms with Gasteiger partial charge in [0.1, 0.15) is 0 Å². The van der Waals surface area contributed by atoms with Gasteiger partial charge in [-0.05, 0) is 23.7 Å². The van der Waals surface area contributed by atoms with Gasteiger partial charge in [-0.15, -0.1) is 11.3 Å². The number of carboxylic acids is 1. The molecule has 1 rings (SSSR count). The van der Waals surface area contributed by atoms with Crippen LogP contribution in [0.1, 0.15) is 4.88 Å². The van der Waals surface area contributed by atoms with E-state index >= 15 is 0 Å². The lowest BCUT2D eigenvalue weighted by Crippen LogP contribution is -2.27. The molecule has 15 heavy (non-hydrogen) atoms. The summed E-state index contributed by atoms with van der Waals surface area (Å²) in [4.78, 5) is 13.1. The van der Waals surface area contributed by atoms with Crippen LogP contribution in [0.4, 0.5) is 5.69 Å². The summed E-state index contributed by atoms with van der Waals surface area (Å²) in [6, 6.07) is 1.83. The molecule has 0 fully saturated rings. The van der Waals surface area contributed by atoms with Crippen LogP contribution >= 0.6 is 23.6 Å². The molecule has 0 aliphatic rings. The van der Waals surface area contributed by atoms with Gasteiger partial charge in [-0.3, -0.25) is 4.79 Å². The number of thiophene rings is 1. The van der Waals surface area contributed by atoms with Crippen LogP contribution in [0.2, 0.25) is 0 Å². The van der Waals surface area contributed by atoms with E-state index in [0.29, 0.717) is 5.11 Å². The highest BCUT2D eigenvalue weighted by Crippen LogP contribution is 2.23. The van der Waals surface area contributed by atoms with Gasteiger partial charge in [0.15, 0.2) is 5.11 Å². The summed E-state index contributed by atoms with van der Waals surface area (Å²) in [6.45, 7) is 0. The fraction of sp³-hybridized carbons (Fsp3) is 0.333. The highest BCUT2D eigenvalue weighted by molar-refractivity contribution is 7.80. The summed E-state index contributed by atoms with van der Waals surface area (Å²) in [7, 11) is 3.66. The van der Waals surface area contributed by atoms with Gasteiger partial charge in [0.2, 0.25) is 0 Å². The van der Waals surface area contributed by atoms with Gasteiger partial charge in [0.05, 0.1) is 12.1 Å². The van der Waals surface area contributed by atoms with Crippen molar-refractivity contribution in [2.75, 3.05) is 19.4 Å². The molecule has 0 saturated carbocycles. The predicted molar refractivity (Wildman–Crippen MR) is 65.6 cm³/mol. The molecule has 0 radical (unpaired) electrons. The lowest BCUT2D eigenvalue weighted by molar-refractivity contribution is -0.136. The van der Waals surface area contributed by atoms with E-state index in [0.717, 1.165) is 10.6 Å². The fourth-order valence-corrected chi connectivity index (χ4v) is 1.88. The second-order valence-corrected chi connectivity index (χ2v) is 4.54. The number of anilines is 1. The van der Waals surface area contributed by atoms with Gasteiger partial charge in [-0.25, -0.2) is 0 Å². The third-order valence-corrected chi connectivity index (χ3v) is 3.09. The van der Waals surface area contributed by atoms with Crippen LogP contribution < -0.4 is 5.32 Å². The maximum Gasteiger partial charge on any atom is 0.308 e. The van der Waals surface area contributed by atoms with Crippen molar-refractivity contribution in [2.24, 2.45) is 0 Å². The van der Waals surface area contributed by atoms with E-state index < -0.39 is 5.97 Å². The van der Waals surface area contributed by atoms with Crippen molar-refractivity contribution in [1.29, 1.82) is 0 Å². The average Bonchev–Trinajstić information content (AvgIpc) is 2.51. The van der Waals surface area contributed by atoms with Crippen LogP contribution in [0.15, 0.2) is 11.4 Å². The summed E-state index contributed by atoms with van der Waals surface area (Å²) in [5.74, 6) is -0.837. The van der Waals surface area contributed by atoms with Crippen LogP contribution in [0.25, 0.3) is 0 Å². The molecule has 1 heterocycles. The normalized spacial score (nSPS) is 9.73. The lowest BCUT2D eigenvalue weighted by atomic mass is 10.3. The minimum Gasteiger partial charge on any atom is -0.481 e. The Kier molecular flexibility index (Phi) is 4.05. The second-order valence-electron chi connectivity index (χ2n) is 3.15. The number of thiocarbonyl (C=S) groups is 1. The molecule has 0 unspecified atom stereocenters. The van der Waals surface area contributed by atoms with Crippen molar-refractivity contribution >= 4 is 40.3 Å². The first-order valence-corrected chi connectivity index (χ1v) is 5.56. The van der Waals surface area contributed by atoms with E-state index in [1.807, 2.05) is 25.5 Å². The van der Waals surface area contributed by atoms with Crippen molar-refractivity contribution in [3.05, 3.63) is 16.3 Å². The van der Waals surface area contributed by atoms with E-state index in [2.05, 4.69) is 5.32 Å². The Balaban J connectivity index is 2.73. The Labute approximate surface area is 97.5 Å². The predicted octanol–water partition coefficient (Wildman–Crippen LogP) is 1.63. The Morgan fingerprint density at radius 2 is 2.33 bits per heavy atom. The summed E-state index contributed by atoms with van der Waals surface area (Å²) >= 11 is 6.48.